The van der Waals surface area contributed by atoms with Crippen LogP contribution in [-0.2, 0) is 0 Å². The Bertz CT molecular complexity index is 739. The van der Waals surface area contributed by atoms with Gasteiger partial charge >= 0.3 is 0 Å². The van der Waals surface area contributed by atoms with Gasteiger partial charge in [-0.15, -0.1) is 0 Å². The highest BCUT2D eigenvalue weighted by molar-refractivity contribution is 7.18. The summed E-state index contributed by atoms with van der Waals surface area (Å²) in [4.78, 5) is 5.50. The van der Waals surface area contributed by atoms with Crippen LogP contribution in [0, 0.1) is 11.3 Å². The van der Waals surface area contributed by atoms with Crippen molar-refractivity contribution in [2.75, 3.05) is 5.32 Å². The number of nitrogens with zero attached hydrogens (tertiary/aromatic N) is 2. The monoisotopic (exact) mass is 277 g/mol. The number of nitrogens with one attached hydrogen (secondary N) is 1. The molecule has 0 saturated carbocycles. The molecule has 0 amide bonds. The first kappa shape index (κ1) is 12.4. The van der Waals surface area contributed by atoms with E-state index in [9.17, 15) is 0 Å². The van der Waals surface area contributed by atoms with Crippen molar-refractivity contribution < 1.29 is 0 Å². The van der Waals surface area contributed by atoms with Crippen LogP contribution in [-0.4, -0.2) is 4.98 Å². The molecular formula is C16H11N3S. The van der Waals surface area contributed by atoms with Crippen LogP contribution in [0.4, 0.5) is 10.8 Å². The topological polar surface area (TPSA) is 48.7 Å². The van der Waals surface area contributed by atoms with E-state index < -0.39 is 0 Å². The fraction of sp³-hybridized carbons (Fsp3) is 0. The number of thiazole rings is 1. The summed E-state index contributed by atoms with van der Waals surface area (Å²) in [6.07, 6.45) is 1.87. The van der Waals surface area contributed by atoms with Gasteiger partial charge in [0.2, 0.25) is 0 Å². The van der Waals surface area contributed by atoms with E-state index in [4.69, 9.17) is 5.26 Å². The van der Waals surface area contributed by atoms with Gasteiger partial charge in [-0.1, -0.05) is 41.7 Å². The molecule has 4 heteroatoms. The van der Waals surface area contributed by atoms with Crippen LogP contribution in [0.25, 0.3) is 10.4 Å². The van der Waals surface area contributed by atoms with Crippen molar-refractivity contribution in [1.29, 1.82) is 5.26 Å². The van der Waals surface area contributed by atoms with Crippen LogP contribution in [0.15, 0.2) is 60.8 Å². The number of hydrogen-bond donors (Lipinski definition) is 1. The van der Waals surface area contributed by atoms with Crippen molar-refractivity contribution in [3.8, 4) is 16.5 Å². The molecule has 3 aromatic rings. The fourth-order valence-corrected chi connectivity index (χ4v) is 2.66. The van der Waals surface area contributed by atoms with Crippen LogP contribution in [0.1, 0.15) is 5.56 Å². The van der Waals surface area contributed by atoms with E-state index in [1.807, 2.05) is 36.5 Å². The van der Waals surface area contributed by atoms with Crippen molar-refractivity contribution in [2.45, 2.75) is 0 Å². The Morgan fingerprint density at radius 1 is 1.00 bits per heavy atom. The minimum absolute atomic E-state index is 0.652. The molecule has 0 bridgehead atoms. The highest BCUT2D eigenvalue weighted by Gasteiger charge is 2.04. The quantitative estimate of drug-likeness (QED) is 0.770. The molecule has 1 N–H and O–H groups in total. The smallest absolute Gasteiger partial charge is 0.187 e. The van der Waals surface area contributed by atoms with E-state index in [2.05, 4.69) is 28.5 Å². The van der Waals surface area contributed by atoms with Crippen LogP contribution >= 0.6 is 11.3 Å². The van der Waals surface area contributed by atoms with E-state index in [1.54, 1.807) is 23.5 Å². The fourth-order valence-electron chi connectivity index (χ4n) is 1.82. The average molecular weight is 277 g/mol. The van der Waals surface area contributed by atoms with Gasteiger partial charge in [-0.25, -0.2) is 4.98 Å². The first-order valence-corrected chi connectivity index (χ1v) is 6.95. The predicted molar refractivity (Wildman–Crippen MR) is 82.0 cm³/mol. The highest BCUT2D eigenvalue weighted by Crippen LogP contribution is 2.30. The second-order valence-corrected chi connectivity index (χ2v) is 5.24. The van der Waals surface area contributed by atoms with E-state index >= 15 is 0 Å². The molecule has 0 aliphatic rings. The maximum Gasteiger partial charge on any atom is 0.187 e. The van der Waals surface area contributed by atoms with E-state index in [1.165, 1.54) is 0 Å². The zero-order valence-electron chi connectivity index (χ0n) is 10.6. The molecule has 20 heavy (non-hydrogen) atoms. The van der Waals surface area contributed by atoms with E-state index in [-0.39, 0.29) is 0 Å². The van der Waals surface area contributed by atoms with Crippen molar-refractivity contribution >= 4 is 22.2 Å². The molecule has 0 radical (unpaired) electrons. The van der Waals surface area contributed by atoms with Crippen molar-refractivity contribution in [2.24, 2.45) is 0 Å². The third-order valence-corrected chi connectivity index (χ3v) is 3.79. The second-order valence-electron chi connectivity index (χ2n) is 4.21. The van der Waals surface area contributed by atoms with Gasteiger partial charge in [-0.2, -0.15) is 5.26 Å². The number of benzene rings is 2. The molecule has 3 rings (SSSR count). The first-order chi connectivity index (χ1) is 9.85. The molecule has 1 heterocycles. The zero-order valence-corrected chi connectivity index (χ0v) is 11.4. The third kappa shape index (κ3) is 2.68. The molecule has 96 valence electrons. The van der Waals surface area contributed by atoms with Crippen LogP contribution < -0.4 is 5.32 Å². The maximum atomic E-state index is 8.77. The molecular weight excluding hydrogens is 266 g/mol. The Labute approximate surface area is 121 Å². The van der Waals surface area contributed by atoms with Gasteiger partial charge < -0.3 is 5.32 Å². The van der Waals surface area contributed by atoms with Crippen LogP contribution in [0.5, 0.6) is 0 Å². The molecule has 0 spiro atoms. The van der Waals surface area contributed by atoms with Gasteiger partial charge in [0.05, 0.1) is 16.5 Å². The molecule has 1 aromatic heterocycles. The Morgan fingerprint density at radius 3 is 2.45 bits per heavy atom. The summed E-state index contributed by atoms with van der Waals surface area (Å²) >= 11 is 1.60. The Hall–Kier alpha value is -2.64. The predicted octanol–water partition coefficient (Wildman–Crippen LogP) is 4.43. The lowest BCUT2D eigenvalue weighted by Crippen LogP contribution is -1.88. The number of hydrogen-bond acceptors (Lipinski definition) is 4. The van der Waals surface area contributed by atoms with Crippen molar-refractivity contribution in [1.82, 2.24) is 4.98 Å². The molecule has 0 aliphatic carbocycles. The minimum Gasteiger partial charge on any atom is -0.332 e. The summed E-state index contributed by atoms with van der Waals surface area (Å²) in [5, 5.41) is 12.9. The molecule has 0 atom stereocenters. The lowest BCUT2D eigenvalue weighted by atomic mass is 10.2. The lowest BCUT2D eigenvalue weighted by molar-refractivity contribution is 1.39. The molecule has 0 fully saturated rings. The molecule has 0 aliphatic heterocycles. The number of nitriles is 1. The van der Waals surface area contributed by atoms with E-state index in [0.717, 1.165) is 21.3 Å². The molecule has 3 nitrogen and oxygen atoms in total. The summed E-state index contributed by atoms with van der Waals surface area (Å²) in [6.45, 7) is 0. The summed E-state index contributed by atoms with van der Waals surface area (Å²) in [5.41, 5.74) is 2.75. The van der Waals surface area contributed by atoms with Gasteiger partial charge in [-0.05, 0) is 29.8 Å². The standard InChI is InChI=1S/C16H11N3S/c17-10-12-6-8-14(9-7-12)19-16-18-11-15(20-16)13-4-2-1-3-5-13/h1-9,11H,(H,18,19). The van der Waals surface area contributed by atoms with Gasteiger partial charge in [0.25, 0.3) is 0 Å². The number of rotatable bonds is 3. The lowest BCUT2D eigenvalue weighted by Gasteiger charge is -2.01. The first-order valence-electron chi connectivity index (χ1n) is 6.13. The van der Waals surface area contributed by atoms with E-state index in [0.29, 0.717) is 5.56 Å². The normalized spacial score (nSPS) is 9.95. The summed E-state index contributed by atoms with van der Waals surface area (Å²) in [7, 11) is 0. The van der Waals surface area contributed by atoms with Gasteiger partial charge in [-0.3, -0.25) is 0 Å². The molecule has 2 aromatic carbocycles. The second kappa shape index (κ2) is 5.55. The number of aromatic nitrogens is 1. The highest BCUT2D eigenvalue weighted by atomic mass is 32.1. The summed E-state index contributed by atoms with van der Waals surface area (Å²) in [5.74, 6) is 0. The number of anilines is 2. The van der Waals surface area contributed by atoms with Crippen LogP contribution in [0.3, 0.4) is 0 Å². The third-order valence-electron chi connectivity index (χ3n) is 2.83. The largest absolute Gasteiger partial charge is 0.332 e. The summed E-state index contributed by atoms with van der Waals surface area (Å²) < 4.78 is 0. The molecule has 0 saturated heterocycles. The maximum absolute atomic E-state index is 8.77. The SMILES string of the molecule is N#Cc1ccc(Nc2ncc(-c3ccccc3)s2)cc1. The summed E-state index contributed by atoms with van der Waals surface area (Å²) in [6, 6.07) is 19.6. The molecule has 0 unspecified atom stereocenters. The van der Waals surface area contributed by atoms with Crippen molar-refractivity contribution in [3.05, 3.63) is 66.4 Å². The average Bonchev–Trinajstić information content (AvgIpc) is 2.97. The Balaban J connectivity index is 1.79. The zero-order chi connectivity index (χ0) is 13.8. The van der Waals surface area contributed by atoms with Gasteiger partial charge in [0.1, 0.15) is 0 Å². The minimum atomic E-state index is 0.652. The Morgan fingerprint density at radius 2 is 1.75 bits per heavy atom. The Kier molecular flexibility index (Phi) is 3.44. The van der Waals surface area contributed by atoms with Gasteiger partial charge in [0, 0.05) is 11.9 Å². The van der Waals surface area contributed by atoms with Crippen molar-refractivity contribution in [3.63, 3.8) is 0 Å². The van der Waals surface area contributed by atoms with Crippen LogP contribution in [0.2, 0.25) is 0 Å². The van der Waals surface area contributed by atoms with Gasteiger partial charge in [0.15, 0.2) is 5.13 Å².